The Labute approximate surface area is 142 Å². The van der Waals surface area contributed by atoms with Crippen molar-refractivity contribution in [3.05, 3.63) is 24.2 Å². The van der Waals surface area contributed by atoms with Gasteiger partial charge in [0.15, 0.2) is 5.76 Å². The van der Waals surface area contributed by atoms with Gasteiger partial charge in [0.25, 0.3) is 0 Å². The molecule has 1 atom stereocenters. The fourth-order valence-electron chi connectivity index (χ4n) is 1.92. The third kappa shape index (κ3) is 3.11. The Balaban J connectivity index is 1.84. The number of nitrogen functional groups attached to an aromatic ring is 2. The Hall–Kier alpha value is -2.82. The molecule has 0 aliphatic heterocycles. The zero-order valence-electron chi connectivity index (χ0n) is 13.4. The molecule has 126 valence electrons. The highest BCUT2D eigenvalue weighted by Crippen LogP contribution is 2.33. The molecule has 0 saturated heterocycles. The Bertz CT molecular complexity index is 830. The Morgan fingerprint density at radius 2 is 2.04 bits per heavy atom. The summed E-state index contributed by atoms with van der Waals surface area (Å²) in [7, 11) is 3.67. The van der Waals surface area contributed by atoms with E-state index >= 15 is 0 Å². The summed E-state index contributed by atoms with van der Waals surface area (Å²) in [4.78, 5) is 14.4. The maximum Gasteiger partial charge on any atom is 0.229 e. The van der Waals surface area contributed by atoms with E-state index in [4.69, 9.17) is 16.0 Å². The Morgan fingerprint density at radius 1 is 1.25 bits per heavy atom. The number of hydrogen-bond acceptors (Lipinski definition) is 10. The summed E-state index contributed by atoms with van der Waals surface area (Å²) in [5, 5.41) is 8.52. The van der Waals surface area contributed by atoms with Crippen LogP contribution in [0.15, 0.2) is 28.0 Å². The first kappa shape index (κ1) is 16.1. The van der Waals surface area contributed by atoms with Gasteiger partial charge in [-0.2, -0.15) is 15.0 Å². The van der Waals surface area contributed by atoms with Gasteiger partial charge in [-0.3, -0.25) is 0 Å². The van der Waals surface area contributed by atoms with Gasteiger partial charge in [-0.1, -0.05) is 11.8 Å². The summed E-state index contributed by atoms with van der Waals surface area (Å²) in [6.45, 7) is 1.93. The van der Waals surface area contributed by atoms with Crippen molar-refractivity contribution < 1.29 is 4.42 Å². The zero-order chi connectivity index (χ0) is 17.3. The molecule has 3 rings (SSSR count). The lowest BCUT2D eigenvalue weighted by molar-refractivity contribution is 0.574. The van der Waals surface area contributed by atoms with Gasteiger partial charge in [-0.15, -0.1) is 10.2 Å². The molecular weight excluding hydrogens is 330 g/mol. The first-order chi connectivity index (χ1) is 11.5. The monoisotopic (exact) mass is 347 g/mol. The number of aromatic nitrogens is 6. The van der Waals surface area contributed by atoms with Gasteiger partial charge < -0.3 is 20.9 Å². The molecule has 4 N–H and O–H groups in total. The lowest BCUT2D eigenvalue weighted by Crippen LogP contribution is -2.17. The van der Waals surface area contributed by atoms with Crippen LogP contribution in [-0.2, 0) is 0 Å². The molecule has 0 aromatic carbocycles. The molecule has 0 saturated carbocycles. The lowest BCUT2D eigenvalue weighted by Gasteiger charge is -2.14. The van der Waals surface area contributed by atoms with E-state index in [0.717, 1.165) is 0 Å². The molecule has 0 fully saturated rings. The van der Waals surface area contributed by atoms with E-state index in [-0.39, 0.29) is 11.2 Å². The van der Waals surface area contributed by atoms with Gasteiger partial charge >= 0.3 is 0 Å². The van der Waals surface area contributed by atoms with Crippen LogP contribution in [0, 0.1) is 0 Å². The summed E-state index contributed by atoms with van der Waals surface area (Å²) in [5.74, 6) is 8.25. The summed E-state index contributed by atoms with van der Waals surface area (Å²) in [5.41, 5.74) is 5.76. The van der Waals surface area contributed by atoms with Crippen LogP contribution in [0.4, 0.5) is 11.9 Å². The smallest absolute Gasteiger partial charge is 0.229 e. The van der Waals surface area contributed by atoms with Gasteiger partial charge in [0.2, 0.25) is 22.9 Å². The number of hydrogen-bond donors (Lipinski definition) is 2. The fourth-order valence-corrected chi connectivity index (χ4v) is 2.74. The third-order valence-electron chi connectivity index (χ3n) is 3.11. The maximum atomic E-state index is 6.05. The molecular formula is C13H17N9OS. The highest BCUT2D eigenvalue weighted by atomic mass is 32.2. The number of anilines is 2. The summed E-state index contributed by atoms with van der Waals surface area (Å²) in [6.07, 6.45) is 1.55. The molecule has 0 spiro atoms. The largest absolute Gasteiger partial charge is 0.461 e. The van der Waals surface area contributed by atoms with Crippen molar-refractivity contribution in [3.8, 4) is 11.6 Å². The van der Waals surface area contributed by atoms with Gasteiger partial charge in [-0.05, 0) is 19.1 Å². The first-order valence-electron chi connectivity index (χ1n) is 7.05. The van der Waals surface area contributed by atoms with Crippen molar-refractivity contribution in [2.75, 3.05) is 30.6 Å². The summed E-state index contributed by atoms with van der Waals surface area (Å²) >= 11 is 1.37. The normalized spacial score (nSPS) is 12.3. The van der Waals surface area contributed by atoms with Crippen LogP contribution in [0.2, 0.25) is 0 Å². The molecule has 3 aromatic rings. The molecule has 10 nitrogen and oxygen atoms in total. The topological polar surface area (TPSA) is 138 Å². The van der Waals surface area contributed by atoms with Crippen LogP contribution in [0.25, 0.3) is 11.6 Å². The molecule has 0 amide bonds. The molecule has 0 bridgehead atoms. The first-order valence-corrected chi connectivity index (χ1v) is 7.93. The molecule has 3 heterocycles. The van der Waals surface area contributed by atoms with Crippen molar-refractivity contribution in [2.45, 2.75) is 17.3 Å². The Morgan fingerprint density at radius 3 is 2.71 bits per heavy atom. The van der Waals surface area contributed by atoms with E-state index in [1.807, 2.05) is 21.0 Å². The lowest BCUT2D eigenvalue weighted by atomic mass is 10.4. The van der Waals surface area contributed by atoms with Crippen LogP contribution < -0.4 is 16.5 Å². The van der Waals surface area contributed by atoms with Crippen LogP contribution in [-0.4, -0.2) is 43.9 Å². The van der Waals surface area contributed by atoms with E-state index in [2.05, 4.69) is 25.1 Å². The van der Waals surface area contributed by atoms with Crippen molar-refractivity contribution in [2.24, 2.45) is 0 Å². The third-order valence-corrected chi connectivity index (χ3v) is 4.16. The van der Waals surface area contributed by atoms with Gasteiger partial charge in [0, 0.05) is 14.1 Å². The highest BCUT2D eigenvalue weighted by molar-refractivity contribution is 7.99. The number of nitrogens with two attached hydrogens (primary N) is 2. The zero-order valence-corrected chi connectivity index (χ0v) is 14.2. The second kappa shape index (κ2) is 6.35. The molecule has 0 aliphatic rings. The minimum Gasteiger partial charge on any atom is -0.461 e. The number of thioether (sulfide) groups is 1. The fraction of sp³-hybridized carbons (Fsp3) is 0.308. The average Bonchev–Trinajstić information content (AvgIpc) is 3.17. The molecule has 0 aliphatic carbocycles. The molecule has 1 unspecified atom stereocenters. The molecule has 3 aromatic heterocycles. The van der Waals surface area contributed by atoms with E-state index in [1.54, 1.807) is 23.3 Å². The van der Waals surface area contributed by atoms with Crippen molar-refractivity contribution >= 4 is 23.7 Å². The standard InChI is InChI=1S/C13H17N9OS/c1-7(9-16-11(14)18-12(17-9)21(2)3)24-13-20-19-10(22(13)15)8-5-4-6-23-8/h4-7H,15H2,1-3H3,(H2,14,16,17,18). The van der Waals surface area contributed by atoms with E-state index in [0.29, 0.717) is 28.5 Å². The van der Waals surface area contributed by atoms with E-state index < -0.39 is 0 Å². The van der Waals surface area contributed by atoms with E-state index in [9.17, 15) is 0 Å². The summed E-state index contributed by atoms with van der Waals surface area (Å²) in [6, 6.07) is 3.52. The van der Waals surface area contributed by atoms with Crippen LogP contribution in [0.5, 0.6) is 0 Å². The van der Waals surface area contributed by atoms with Crippen molar-refractivity contribution in [1.82, 2.24) is 29.8 Å². The maximum absolute atomic E-state index is 6.05. The molecule has 24 heavy (non-hydrogen) atoms. The number of furan rings is 1. The number of nitrogens with zero attached hydrogens (tertiary/aromatic N) is 7. The van der Waals surface area contributed by atoms with Crippen molar-refractivity contribution in [3.63, 3.8) is 0 Å². The van der Waals surface area contributed by atoms with Crippen molar-refractivity contribution in [1.29, 1.82) is 0 Å². The van der Waals surface area contributed by atoms with Crippen LogP contribution in [0.3, 0.4) is 0 Å². The minimum absolute atomic E-state index is 0.148. The molecule has 0 radical (unpaired) electrons. The van der Waals surface area contributed by atoms with Crippen LogP contribution >= 0.6 is 11.8 Å². The van der Waals surface area contributed by atoms with Crippen LogP contribution in [0.1, 0.15) is 18.0 Å². The quantitative estimate of drug-likeness (QED) is 0.506. The highest BCUT2D eigenvalue weighted by Gasteiger charge is 2.20. The second-order valence-electron chi connectivity index (χ2n) is 5.16. The average molecular weight is 347 g/mol. The minimum atomic E-state index is -0.148. The van der Waals surface area contributed by atoms with E-state index in [1.165, 1.54) is 16.4 Å². The predicted molar refractivity (Wildman–Crippen MR) is 90.7 cm³/mol. The van der Waals surface area contributed by atoms with Gasteiger partial charge in [-0.25, -0.2) is 4.68 Å². The molecule has 11 heteroatoms. The number of rotatable bonds is 5. The SMILES string of the molecule is CC(Sc1nnc(-c2ccco2)n1N)c1nc(N)nc(N(C)C)n1. The second-order valence-corrected chi connectivity index (χ2v) is 6.47. The summed E-state index contributed by atoms with van der Waals surface area (Å²) < 4.78 is 6.67. The Kier molecular flexibility index (Phi) is 4.25. The van der Waals surface area contributed by atoms with Gasteiger partial charge in [0.1, 0.15) is 5.82 Å². The predicted octanol–water partition coefficient (Wildman–Crippen LogP) is 0.938. The van der Waals surface area contributed by atoms with Gasteiger partial charge in [0.05, 0.1) is 11.5 Å².